The number of hydrogen-bond donors (Lipinski definition) is 0. The van der Waals surface area contributed by atoms with Gasteiger partial charge in [-0.2, -0.15) is 0 Å². The maximum Gasteiger partial charge on any atom is 1.00 e. The molecule has 0 N–H and O–H groups in total. The zero-order valence-corrected chi connectivity index (χ0v) is 18.4. The van der Waals surface area contributed by atoms with Gasteiger partial charge < -0.3 is 22.6 Å². The molecule has 0 aliphatic carbocycles. The fourth-order valence-corrected chi connectivity index (χ4v) is 2.51. The normalized spacial score (nSPS) is 16.3. The van der Waals surface area contributed by atoms with Gasteiger partial charge in [0.05, 0.1) is 0 Å². The Hall–Kier alpha value is -0.0587. The molecular formula is C16H23BF3KN2O2. The first kappa shape index (κ1) is 23.0. The number of nitrogens with zero attached hydrogens (tertiary/aromatic N) is 2. The van der Waals surface area contributed by atoms with E-state index in [1.165, 1.54) is 12.1 Å². The van der Waals surface area contributed by atoms with E-state index in [1.807, 2.05) is 20.8 Å². The summed E-state index contributed by atoms with van der Waals surface area (Å²) in [6.45, 7) is 3.56. The molecule has 0 spiro atoms. The number of piperazine rings is 1. The Kier molecular flexibility index (Phi) is 8.49. The first-order valence-electron chi connectivity index (χ1n) is 8.04. The molecule has 1 aromatic rings. The van der Waals surface area contributed by atoms with Crippen LogP contribution in [0.15, 0.2) is 24.3 Å². The van der Waals surface area contributed by atoms with Crippen molar-refractivity contribution in [3.63, 3.8) is 0 Å². The SMILES string of the molecule is CC(C)(C)OC(=O)N1CCN(Cc2ccc([B-](F)(F)F)cc2)CC1.[K+]. The molecule has 1 saturated heterocycles. The zero-order valence-electron chi connectivity index (χ0n) is 15.3. The molecule has 1 fully saturated rings. The van der Waals surface area contributed by atoms with Crippen molar-refractivity contribution in [1.29, 1.82) is 0 Å². The van der Waals surface area contributed by atoms with Gasteiger partial charge in [0.15, 0.2) is 0 Å². The summed E-state index contributed by atoms with van der Waals surface area (Å²) in [5, 5.41) is 0. The van der Waals surface area contributed by atoms with Crippen molar-refractivity contribution in [1.82, 2.24) is 9.80 Å². The van der Waals surface area contributed by atoms with E-state index < -0.39 is 18.0 Å². The van der Waals surface area contributed by atoms with Crippen LogP contribution in [0.1, 0.15) is 26.3 Å². The summed E-state index contributed by atoms with van der Waals surface area (Å²) in [5.41, 5.74) is -0.256. The molecule has 0 radical (unpaired) electrons. The number of amides is 1. The Labute approximate surface area is 189 Å². The molecule has 0 atom stereocenters. The number of hydrogen-bond acceptors (Lipinski definition) is 3. The molecule has 0 unspecified atom stereocenters. The molecule has 1 aliphatic heterocycles. The van der Waals surface area contributed by atoms with Crippen molar-refractivity contribution >= 4 is 18.5 Å². The van der Waals surface area contributed by atoms with Gasteiger partial charge in [-0.15, -0.1) is 5.46 Å². The Morgan fingerprint density at radius 2 is 1.60 bits per heavy atom. The topological polar surface area (TPSA) is 32.8 Å². The van der Waals surface area contributed by atoms with Crippen molar-refractivity contribution in [3.05, 3.63) is 29.8 Å². The molecule has 1 aliphatic rings. The van der Waals surface area contributed by atoms with Gasteiger partial charge in [0, 0.05) is 32.7 Å². The number of carbonyl (C=O) groups is 1. The first-order valence-corrected chi connectivity index (χ1v) is 8.04. The average Bonchev–Trinajstić information content (AvgIpc) is 2.46. The van der Waals surface area contributed by atoms with E-state index in [0.29, 0.717) is 32.7 Å². The van der Waals surface area contributed by atoms with E-state index in [-0.39, 0.29) is 57.5 Å². The van der Waals surface area contributed by atoms with Crippen LogP contribution in [0.5, 0.6) is 0 Å². The minimum absolute atomic E-state index is 0. The van der Waals surface area contributed by atoms with Gasteiger partial charge >= 0.3 is 64.5 Å². The van der Waals surface area contributed by atoms with Crippen molar-refractivity contribution in [2.45, 2.75) is 32.9 Å². The smallest absolute Gasteiger partial charge is 0.445 e. The van der Waals surface area contributed by atoms with Crippen LogP contribution in [0, 0.1) is 0 Å². The molecule has 9 heteroatoms. The molecule has 1 heterocycles. The Morgan fingerprint density at radius 1 is 1.08 bits per heavy atom. The minimum atomic E-state index is -4.94. The predicted molar refractivity (Wildman–Crippen MR) is 88.2 cm³/mol. The Bertz CT molecular complexity index is 568. The zero-order chi connectivity index (χ0) is 18.0. The standard InChI is InChI=1S/C16H23BF3N2O2.K/c1-16(2,3)24-15(23)22-10-8-21(9-11-22)12-13-4-6-14(7-5-13)17(18,19)20;/h4-7H,8-12H2,1-3H3;/q-1;+1. The predicted octanol–water partition coefficient (Wildman–Crippen LogP) is -0.202. The summed E-state index contributed by atoms with van der Waals surface area (Å²) in [6, 6.07) is 5.30. The third-order valence-corrected chi connectivity index (χ3v) is 3.79. The number of carbonyl (C=O) groups excluding carboxylic acids is 1. The molecule has 4 nitrogen and oxygen atoms in total. The van der Waals surface area contributed by atoms with Crippen LogP contribution < -0.4 is 56.8 Å². The van der Waals surface area contributed by atoms with Crippen LogP contribution in [0.25, 0.3) is 0 Å². The summed E-state index contributed by atoms with van der Waals surface area (Å²) in [4.78, 5) is 15.8. The van der Waals surface area contributed by atoms with Crippen LogP contribution in [-0.2, 0) is 11.3 Å². The van der Waals surface area contributed by atoms with E-state index in [2.05, 4.69) is 4.90 Å². The minimum Gasteiger partial charge on any atom is -0.445 e. The van der Waals surface area contributed by atoms with Crippen molar-refractivity contribution in [2.75, 3.05) is 26.2 Å². The first-order chi connectivity index (χ1) is 11.0. The molecule has 1 amide bonds. The van der Waals surface area contributed by atoms with E-state index in [0.717, 1.165) is 17.7 Å². The molecule has 0 bridgehead atoms. The van der Waals surface area contributed by atoms with Crippen LogP contribution >= 0.6 is 0 Å². The fraction of sp³-hybridized carbons (Fsp3) is 0.562. The van der Waals surface area contributed by atoms with Gasteiger partial charge in [-0.25, -0.2) is 4.79 Å². The second kappa shape index (κ2) is 9.23. The fourth-order valence-electron chi connectivity index (χ4n) is 2.51. The second-order valence-electron chi connectivity index (χ2n) is 7.06. The third kappa shape index (κ3) is 7.60. The van der Waals surface area contributed by atoms with Gasteiger partial charge in [0.2, 0.25) is 0 Å². The number of halogens is 3. The Balaban J connectivity index is 0.00000312. The summed E-state index contributed by atoms with van der Waals surface area (Å²) in [5.74, 6) is 0. The van der Waals surface area contributed by atoms with Crippen molar-refractivity contribution < 1.29 is 73.9 Å². The van der Waals surface area contributed by atoms with E-state index in [9.17, 15) is 17.7 Å². The largest absolute Gasteiger partial charge is 1.00 e. The number of rotatable bonds is 3. The van der Waals surface area contributed by atoms with E-state index in [1.54, 1.807) is 4.90 Å². The van der Waals surface area contributed by atoms with Crippen LogP contribution in [0.2, 0.25) is 0 Å². The van der Waals surface area contributed by atoms with Crippen LogP contribution in [0.4, 0.5) is 17.7 Å². The number of ether oxygens (including phenoxy) is 1. The monoisotopic (exact) mass is 382 g/mol. The molecule has 25 heavy (non-hydrogen) atoms. The van der Waals surface area contributed by atoms with Gasteiger partial charge in [0.25, 0.3) is 0 Å². The molecular weight excluding hydrogens is 359 g/mol. The molecule has 0 aromatic heterocycles. The third-order valence-electron chi connectivity index (χ3n) is 3.79. The number of benzene rings is 1. The summed E-state index contributed by atoms with van der Waals surface area (Å²) in [7, 11) is 0. The van der Waals surface area contributed by atoms with Gasteiger partial charge in [-0.05, 0) is 26.3 Å². The maximum atomic E-state index is 12.6. The second-order valence-corrected chi connectivity index (χ2v) is 7.06. The quantitative estimate of drug-likeness (QED) is 0.679. The average molecular weight is 382 g/mol. The summed E-state index contributed by atoms with van der Waals surface area (Å²) < 4.78 is 43.2. The Morgan fingerprint density at radius 3 is 2.04 bits per heavy atom. The van der Waals surface area contributed by atoms with Crippen molar-refractivity contribution in [3.8, 4) is 0 Å². The van der Waals surface area contributed by atoms with Gasteiger partial charge in [-0.3, -0.25) is 4.90 Å². The summed E-state index contributed by atoms with van der Waals surface area (Å²) in [6.07, 6.45) is -0.320. The van der Waals surface area contributed by atoms with Crippen molar-refractivity contribution in [2.24, 2.45) is 0 Å². The molecule has 134 valence electrons. The molecule has 0 saturated carbocycles. The van der Waals surface area contributed by atoms with Crippen LogP contribution in [-0.4, -0.2) is 54.7 Å². The summed E-state index contributed by atoms with van der Waals surface area (Å²) >= 11 is 0. The van der Waals surface area contributed by atoms with E-state index >= 15 is 0 Å². The van der Waals surface area contributed by atoms with Gasteiger partial charge in [-0.1, -0.05) is 24.3 Å². The maximum absolute atomic E-state index is 12.6. The van der Waals surface area contributed by atoms with Gasteiger partial charge in [0.1, 0.15) is 5.60 Å². The molecule has 1 aromatic carbocycles. The van der Waals surface area contributed by atoms with E-state index in [4.69, 9.17) is 4.74 Å². The van der Waals surface area contributed by atoms with Crippen LogP contribution in [0.3, 0.4) is 0 Å². The molecule has 2 rings (SSSR count).